The van der Waals surface area contributed by atoms with Gasteiger partial charge in [0, 0.05) is 11.1 Å². The van der Waals surface area contributed by atoms with E-state index in [2.05, 4.69) is 4.72 Å². The van der Waals surface area contributed by atoms with Crippen LogP contribution in [0.25, 0.3) is 0 Å². The minimum absolute atomic E-state index is 0. The van der Waals surface area contributed by atoms with Crippen LogP contribution in [0.1, 0.15) is 29.8 Å². The van der Waals surface area contributed by atoms with Crippen molar-refractivity contribution in [3.05, 3.63) is 58.6 Å². The molecule has 1 aliphatic heterocycles. The number of anilines is 1. The molecule has 0 bridgehead atoms. The molecule has 3 rings (SSSR count). The third-order valence-corrected chi connectivity index (χ3v) is 5.63. The number of hydrogen-bond donors (Lipinski definition) is 1. The number of benzene rings is 2. The number of para-hydroxylation sites is 1. The zero-order chi connectivity index (χ0) is 21.8. The van der Waals surface area contributed by atoms with Gasteiger partial charge < -0.3 is 14.6 Å². The molecule has 0 atom stereocenters. The quantitative estimate of drug-likeness (QED) is 0.582. The van der Waals surface area contributed by atoms with Crippen molar-refractivity contribution >= 4 is 39.4 Å². The molecule has 1 amide bonds. The number of carbonyl (C=O) groups excluding carboxylic acids is 2. The Bertz CT molecular complexity index is 1030. The fourth-order valence-electron chi connectivity index (χ4n) is 2.60. The van der Waals surface area contributed by atoms with Crippen molar-refractivity contribution in [1.82, 2.24) is 4.31 Å². The summed E-state index contributed by atoms with van der Waals surface area (Å²) >= 11 is 5.70. The first-order valence-electron chi connectivity index (χ1n) is 8.57. The van der Waals surface area contributed by atoms with Gasteiger partial charge in [-0.05, 0) is 56.7 Å². The Labute approximate surface area is 202 Å². The van der Waals surface area contributed by atoms with E-state index in [-0.39, 0.29) is 29.6 Å². The predicted octanol–water partition coefficient (Wildman–Crippen LogP) is -1.01. The summed E-state index contributed by atoms with van der Waals surface area (Å²) in [6, 6.07) is 11.1. The van der Waals surface area contributed by atoms with Gasteiger partial charge in [-0.2, -0.15) is 8.42 Å². The number of ether oxygens (including phenoxy) is 1. The van der Waals surface area contributed by atoms with Crippen LogP contribution in [-0.4, -0.2) is 37.2 Å². The number of amides is 1. The zero-order valence-corrected chi connectivity index (χ0v) is 20.6. The summed E-state index contributed by atoms with van der Waals surface area (Å²) in [7, 11) is -3.75. The average Bonchev–Trinajstić information content (AvgIpc) is 2.60. The van der Waals surface area contributed by atoms with Gasteiger partial charge in [0.1, 0.15) is 12.4 Å². The molecular formula is C19H20ClN2NaO6S. The Morgan fingerprint density at radius 2 is 1.87 bits per heavy atom. The molecular weight excluding hydrogens is 443 g/mol. The minimum atomic E-state index is -3.75. The molecule has 11 heteroatoms. The zero-order valence-electron chi connectivity index (χ0n) is 17.0. The summed E-state index contributed by atoms with van der Waals surface area (Å²) in [5.41, 5.74) is 1.52. The van der Waals surface area contributed by atoms with Crippen molar-refractivity contribution < 1.29 is 57.4 Å². The first-order chi connectivity index (χ1) is 13.5. The van der Waals surface area contributed by atoms with Gasteiger partial charge in [0.05, 0.1) is 17.2 Å². The first-order valence-corrected chi connectivity index (χ1v) is 10.4. The van der Waals surface area contributed by atoms with Crippen molar-refractivity contribution in [2.24, 2.45) is 0 Å². The number of nitrogens with one attached hydrogen (secondary N) is 1. The Morgan fingerprint density at radius 3 is 2.43 bits per heavy atom. The van der Waals surface area contributed by atoms with Crippen molar-refractivity contribution in [1.29, 1.82) is 0 Å². The van der Waals surface area contributed by atoms with Crippen LogP contribution in [0.2, 0.25) is 5.02 Å². The van der Waals surface area contributed by atoms with E-state index < -0.39 is 34.7 Å². The summed E-state index contributed by atoms with van der Waals surface area (Å²) in [6.07, 6.45) is 0. The van der Waals surface area contributed by atoms with E-state index in [1.165, 1.54) is 0 Å². The Morgan fingerprint density at radius 1 is 1.23 bits per heavy atom. The Balaban J connectivity index is 0.000000297. The molecule has 0 unspecified atom stereocenters. The number of nitrogens with zero attached hydrogens (tertiary/aromatic N) is 1. The first kappa shape index (κ1) is 26.3. The molecule has 1 heterocycles. The van der Waals surface area contributed by atoms with E-state index in [0.29, 0.717) is 22.0 Å². The molecule has 0 fully saturated rings. The summed E-state index contributed by atoms with van der Waals surface area (Å²) in [4.78, 5) is 22.1. The van der Waals surface area contributed by atoms with Crippen LogP contribution in [0.5, 0.6) is 5.75 Å². The SMILES string of the molecule is CC(C)N1C(=O)c2ccccc2NS1(=O)=O.Cc1cc(Cl)ccc1OCC(=O)[O-].[Na+]. The number of aryl methyl sites for hydroxylation is 1. The van der Waals surface area contributed by atoms with Crippen molar-refractivity contribution in [3.8, 4) is 5.75 Å². The van der Waals surface area contributed by atoms with E-state index >= 15 is 0 Å². The summed E-state index contributed by atoms with van der Waals surface area (Å²) in [6.45, 7) is 4.66. The molecule has 1 N–H and O–H groups in total. The van der Waals surface area contributed by atoms with Crippen LogP contribution in [0.3, 0.4) is 0 Å². The van der Waals surface area contributed by atoms with Gasteiger partial charge >= 0.3 is 39.8 Å². The molecule has 156 valence electrons. The fourth-order valence-corrected chi connectivity index (χ4v) is 4.25. The standard InChI is InChI=1S/C10H12N2O3S.C9H9ClO3.Na/c1-7(2)12-10(13)8-5-3-4-6-9(8)11-16(12,14)15;1-6-4-7(10)2-3-8(6)13-5-9(11)12;/h3-7,11H,1-2H3;2-4H,5H2,1H3,(H,11,12);/q;;+1/p-1. The van der Waals surface area contributed by atoms with Crippen molar-refractivity contribution in [3.63, 3.8) is 0 Å². The Kier molecular flexibility index (Phi) is 9.64. The monoisotopic (exact) mass is 462 g/mol. The van der Waals surface area contributed by atoms with Crippen molar-refractivity contribution in [2.75, 3.05) is 11.3 Å². The number of hydrogen-bond acceptors (Lipinski definition) is 6. The van der Waals surface area contributed by atoms with E-state index in [0.717, 1.165) is 9.87 Å². The maximum Gasteiger partial charge on any atom is 1.00 e. The second kappa shape index (κ2) is 11.0. The van der Waals surface area contributed by atoms with Gasteiger partial charge in [-0.25, -0.2) is 4.31 Å². The molecule has 1 aliphatic rings. The summed E-state index contributed by atoms with van der Waals surface area (Å²) in [5.74, 6) is -1.22. The van der Waals surface area contributed by atoms with E-state index in [1.807, 2.05) is 0 Å². The van der Waals surface area contributed by atoms with Crippen LogP contribution in [0.4, 0.5) is 5.69 Å². The fraction of sp³-hybridized carbons (Fsp3) is 0.263. The minimum Gasteiger partial charge on any atom is -0.546 e. The number of carboxylic acids is 1. The van der Waals surface area contributed by atoms with Gasteiger partial charge in [0.2, 0.25) is 0 Å². The number of halogens is 1. The van der Waals surface area contributed by atoms with Gasteiger partial charge in [-0.1, -0.05) is 23.7 Å². The van der Waals surface area contributed by atoms with Crippen LogP contribution < -0.4 is 44.1 Å². The molecule has 0 saturated carbocycles. The maximum atomic E-state index is 12.0. The summed E-state index contributed by atoms with van der Waals surface area (Å²) < 4.78 is 31.7. The van der Waals surface area contributed by atoms with E-state index in [9.17, 15) is 23.1 Å². The van der Waals surface area contributed by atoms with E-state index in [4.69, 9.17) is 16.3 Å². The molecule has 2 aromatic carbocycles. The number of carboxylic acid groups (broad SMARTS) is 1. The number of fused-ring (bicyclic) bond motifs is 1. The molecule has 0 spiro atoms. The Hall–Kier alpha value is -1.78. The van der Waals surface area contributed by atoms with Crippen LogP contribution in [0.15, 0.2) is 42.5 Å². The predicted molar refractivity (Wildman–Crippen MR) is 107 cm³/mol. The van der Waals surface area contributed by atoms with Gasteiger partial charge in [0.25, 0.3) is 5.91 Å². The molecule has 0 saturated heterocycles. The van der Waals surface area contributed by atoms with Gasteiger partial charge in [-0.15, -0.1) is 0 Å². The second-order valence-corrected chi connectivity index (χ2v) is 8.40. The third kappa shape index (κ3) is 6.61. The number of carbonyl (C=O) groups is 2. The molecule has 8 nitrogen and oxygen atoms in total. The molecule has 2 aromatic rings. The molecule has 30 heavy (non-hydrogen) atoms. The number of rotatable bonds is 4. The normalized spacial score (nSPS) is 13.9. The van der Waals surface area contributed by atoms with Crippen LogP contribution in [0, 0.1) is 6.92 Å². The van der Waals surface area contributed by atoms with Crippen LogP contribution >= 0.6 is 11.6 Å². The summed E-state index contributed by atoms with van der Waals surface area (Å²) in [5, 5.41) is 10.7. The smallest absolute Gasteiger partial charge is 0.546 e. The number of aliphatic carboxylic acids is 1. The van der Waals surface area contributed by atoms with E-state index in [1.54, 1.807) is 63.2 Å². The van der Waals surface area contributed by atoms with Gasteiger partial charge in [0.15, 0.2) is 0 Å². The molecule has 0 radical (unpaired) electrons. The van der Waals surface area contributed by atoms with Crippen LogP contribution in [-0.2, 0) is 15.0 Å². The largest absolute Gasteiger partial charge is 1.00 e. The topological polar surface area (TPSA) is 116 Å². The van der Waals surface area contributed by atoms with Crippen molar-refractivity contribution in [2.45, 2.75) is 26.8 Å². The maximum absolute atomic E-state index is 12.0. The molecule has 0 aliphatic carbocycles. The third-order valence-electron chi connectivity index (χ3n) is 3.81. The second-order valence-electron chi connectivity index (χ2n) is 6.42. The molecule has 0 aromatic heterocycles. The average molecular weight is 463 g/mol. The van der Waals surface area contributed by atoms with Gasteiger partial charge in [-0.3, -0.25) is 9.52 Å².